The summed E-state index contributed by atoms with van der Waals surface area (Å²) in [5.74, 6) is 6.29. The number of aliphatic hydroxyl groups is 1. The molecule has 0 radical (unpaired) electrons. The quantitative estimate of drug-likeness (QED) is 0.798. The Morgan fingerprint density at radius 3 is 2.84 bits per heavy atom. The lowest BCUT2D eigenvalue weighted by Gasteiger charge is -2.12. The highest BCUT2D eigenvalue weighted by atomic mass is 16.2. The highest BCUT2D eigenvalue weighted by Gasteiger charge is 2.14. The maximum absolute atomic E-state index is 11.9. The van der Waals surface area contributed by atoms with Crippen molar-refractivity contribution in [2.45, 2.75) is 33.1 Å². The summed E-state index contributed by atoms with van der Waals surface area (Å²) in [6, 6.07) is 3.52. The van der Waals surface area contributed by atoms with Gasteiger partial charge in [0.05, 0.1) is 6.61 Å². The zero-order valence-electron chi connectivity index (χ0n) is 11.4. The van der Waals surface area contributed by atoms with Crippen LogP contribution in [0.15, 0.2) is 18.3 Å². The van der Waals surface area contributed by atoms with Crippen LogP contribution in [0.1, 0.15) is 38.7 Å². The fourth-order valence-corrected chi connectivity index (χ4v) is 1.68. The Bertz CT molecular complexity index is 471. The summed E-state index contributed by atoms with van der Waals surface area (Å²) in [5, 5.41) is 11.5. The van der Waals surface area contributed by atoms with Crippen molar-refractivity contribution < 1.29 is 9.90 Å². The Kier molecular flexibility index (Phi) is 6.62. The van der Waals surface area contributed by atoms with Crippen LogP contribution >= 0.6 is 0 Å². The van der Waals surface area contributed by atoms with Gasteiger partial charge in [-0.1, -0.05) is 25.7 Å². The van der Waals surface area contributed by atoms with Crippen molar-refractivity contribution in [3.63, 3.8) is 0 Å². The number of carbonyl (C=O) groups excluding carboxylic acids is 1. The summed E-state index contributed by atoms with van der Waals surface area (Å²) in [5.41, 5.74) is 0.781. The average Bonchev–Trinajstić information content (AvgIpc) is 2.41. The molecule has 19 heavy (non-hydrogen) atoms. The number of aromatic nitrogens is 1. The molecule has 1 rings (SSSR count). The predicted octanol–water partition coefficient (Wildman–Crippen LogP) is 2.19. The van der Waals surface area contributed by atoms with E-state index in [1.54, 1.807) is 18.3 Å². The van der Waals surface area contributed by atoms with Gasteiger partial charge in [0.1, 0.15) is 5.82 Å². The molecule has 0 spiro atoms. The zero-order valence-corrected chi connectivity index (χ0v) is 11.4. The first-order chi connectivity index (χ1) is 9.21. The number of nitrogens with zero attached hydrogens (tertiary/aromatic N) is 1. The predicted molar refractivity (Wildman–Crippen MR) is 75.5 cm³/mol. The minimum absolute atomic E-state index is 0.00188. The molecule has 0 fully saturated rings. The number of pyridine rings is 1. The molecular weight excluding hydrogens is 240 g/mol. The second-order valence-corrected chi connectivity index (χ2v) is 4.21. The number of hydrogen-bond acceptors (Lipinski definition) is 3. The van der Waals surface area contributed by atoms with E-state index in [0.29, 0.717) is 12.2 Å². The van der Waals surface area contributed by atoms with Crippen LogP contribution in [0, 0.1) is 17.8 Å². The second kappa shape index (κ2) is 8.28. The largest absolute Gasteiger partial charge is 0.395 e. The van der Waals surface area contributed by atoms with Crippen molar-refractivity contribution in [1.82, 2.24) is 4.98 Å². The molecule has 0 unspecified atom stereocenters. The van der Waals surface area contributed by atoms with Gasteiger partial charge >= 0.3 is 0 Å². The van der Waals surface area contributed by atoms with Gasteiger partial charge in [0.15, 0.2) is 0 Å². The second-order valence-electron chi connectivity index (χ2n) is 4.21. The minimum atomic E-state index is -0.00188. The van der Waals surface area contributed by atoms with Crippen LogP contribution in [0.4, 0.5) is 5.82 Å². The summed E-state index contributed by atoms with van der Waals surface area (Å²) in [6.07, 6.45) is 3.69. The average molecular weight is 260 g/mol. The Morgan fingerprint density at radius 2 is 2.21 bits per heavy atom. The fraction of sp³-hybridized carbons (Fsp3) is 0.467. The number of amides is 1. The van der Waals surface area contributed by atoms with E-state index in [1.807, 2.05) is 13.8 Å². The van der Waals surface area contributed by atoms with Crippen molar-refractivity contribution in [1.29, 1.82) is 0 Å². The molecule has 4 nitrogen and oxygen atoms in total. The van der Waals surface area contributed by atoms with Crippen molar-refractivity contribution >= 4 is 11.7 Å². The van der Waals surface area contributed by atoms with E-state index in [-0.39, 0.29) is 18.4 Å². The van der Waals surface area contributed by atoms with Gasteiger partial charge in [0, 0.05) is 24.1 Å². The Balaban J connectivity index is 2.72. The molecule has 0 aliphatic heterocycles. The van der Waals surface area contributed by atoms with Crippen LogP contribution in [0.3, 0.4) is 0 Å². The molecule has 0 aromatic carbocycles. The number of carbonyl (C=O) groups is 1. The summed E-state index contributed by atoms with van der Waals surface area (Å²) in [6.45, 7) is 4.05. The van der Waals surface area contributed by atoms with Crippen LogP contribution in [0.25, 0.3) is 0 Å². The lowest BCUT2D eigenvalue weighted by Crippen LogP contribution is -2.22. The maximum Gasteiger partial charge on any atom is 0.228 e. The molecule has 1 heterocycles. The summed E-state index contributed by atoms with van der Waals surface area (Å²) in [4.78, 5) is 16.0. The molecule has 102 valence electrons. The van der Waals surface area contributed by atoms with E-state index in [0.717, 1.165) is 18.4 Å². The van der Waals surface area contributed by atoms with Crippen LogP contribution in [-0.4, -0.2) is 22.6 Å². The number of aliphatic hydroxyl groups excluding tert-OH is 1. The standard InChI is InChI=1S/C15H20N2O2/c1-3-13(4-2)15(19)17-14-11-12(8-9-16-14)7-5-6-10-18/h8-9,11,13,18H,3-4,6,10H2,1-2H3,(H,16,17,19). The normalized spacial score (nSPS) is 9.89. The molecule has 0 aliphatic rings. The monoisotopic (exact) mass is 260 g/mol. The van der Waals surface area contributed by atoms with Crippen LogP contribution < -0.4 is 5.32 Å². The number of nitrogens with one attached hydrogen (secondary N) is 1. The first-order valence-corrected chi connectivity index (χ1v) is 6.57. The Hall–Kier alpha value is -1.86. The number of anilines is 1. The summed E-state index contributed by atoms with van der Waals surface area (Å²) in [7, 11) is 0. The molecule has 1 aromatic heterocycles. The lowest BCUT2D eigenvalue weighted by molar-refractivity contribution is -0.120. The highest BCUT2D eigenvalue weighted by Crippen LogP contribution is 2.12. The third-order valence-electron chi connectivity index (χ3n) is 2.84. The van der Waals surface area contributed by atoms with E-state index < -0.39 is 0 Å². The molecule has 0 aliphatic carbocycles. The van der Waals surface area contributed by atoms with Gasteiger partial charge in [-0.25, -0.2) is 4.98 Å². The van der Waals surface area contributed by atoms with Crippen molar-refractivity contribution in [3.8, 4) is 11.8 Å². The minimum Gasteiger partial charge on any atom is -0.395 e. The molecule has 0 bridgehead atoms. The first kappa shape index (κ1) is 15.2. The Morgan fingerprint density at radius 1 is 1.47 bits per heavy atom. The van der Waals surface area contributed by atoms with Gasteiger partial charge in [0.25, 0.3) is 0 Å². The smallest absolute Gasteiger partial charge is 0.228 e. The fourth-order valence-electron chi connectivity index (χ4n) is 1.68. The van der Waals surface area contributed by atoms with Crippen LogP contribution in [-0.2, 0) is 4.79 Å². The summed E-state index contributed by atoms with van der Waals surface area (Å²) < 4.78 is 0. The van der Waals surface area contributed by atoms with Gasteiger partial charge in [-0.2, -0.15) is 0 Å². The SMILES string of the molecule is CCC(CC)C(=O)Nc1cc(C#CCCO)ccn1. The van der Waals surface area contributed by atoms with Crippen molar-refractivity contribution in [2.24, 2.45) is 5.92 Å². The number of hydrogen-bond donors (Lipinski definition) is 2. The molecular formula is C15H20N2O2. The van der Waals surface area contributed by atoms with E-state index in [2.05, 4.69) is 22.1 Å². The van der Waals surface area contributed by atoms with Gasteiger partial charge in [-0.15, -0.1) is 0 Å². The lowest BCUT2D eigenvalue weighted by atomic mass is 10.0. The molecule has 4 heteroatoms. The molecule has 0 atom stereocenters. The zero-order chi connectivity index (χ0) is 14.1. The summed E-state index contributed by atoms with van der Waals surface area (Å²) >= 11 is 0. The molecule has 0 saturated carbocycles. The maximum atomic E-state index is 11.9. The van der Waals surface area contributed by atoms with Gasteiger partial charge in [-0.05, 0) is 25.0 Å². The van der Waals surface area contributed by atoms with Crippen molar-refractivity contribution in [3.05, 3.63) is 23.9 Å². The third kappa shape index (κ3) is 5.11. The van der Waals surface area contributed by atoms with Gasteiger partial charge in [0.2, 0.25) is 5.91 Å². The van der Waals surface area contributed by atoms with E-state index in [1.165, 1.54) is 0 Å². The molecule has 1 amide bonds. The van der Waals surface area contributed by atoms with Crippen LogP contribution in [0.5, 0.6) is 0 Å². The van der Waals surface area contributed by atoms with E-state index in [9.17, 15) is 4.79 Å². The molecule has 0 saturated heterocycles. The topological polar surface area (TPSA) is 62.2 Å². The Labute approximate surface area is 114 Å². The van der Waals surface area contributed by atoms with Gasteiger partial charge < -0.3 is 10.4 Å². The number of rotatable bonds is 5. The van der Waals surface area contributed by atoms with Crippen molar-refractivity contribution in [2.75, 3.05) is 11.9 Å². The first-order valence-electron chi connectivity index (χ1n) is 6.57. The molecule has 1 aromatic rings. The van der Waals surface area contributed by atoms with Gasteiger partial charge in [-0.3, -0.25) is 4.79 Å². The van der Waals surface area contributed by atoms with Crippen LogP contribution in [0.2, 0.25) is 0 Å². The third-order valence-corrected chi connectivity index (χ3v) is 2.84. The highest BCUT2D eigenvalue weighted by molar-refractivity contribution is 5.91. The van der Waals surface area contributed by atoms with E-state index in [4.69, 9.17) is 5.11 Å². The van der Waals surface area contributed by atoms with E-state index >= 15 is 0 Å². The molecule has 2 N–H and O–H groups in total.